The molecule has 1 heterocycles. The van der Waals surface area contributed by atoms with Gasteiger partial charge in [0, 0.05) is 18.7 Å². The lowest BCUT2D eigenvalue weighted by Crippen LogP contribution is -2.34. The summed E-state index contributed by atoms with van der Waals surface area (Å²) >= 11 is 0. The number of hydrogen-bond donors (Lipinski definition) is 1. The topological polar surface area (TPSA) is 72.6 Å². The van der Waals surface area contributed by atoms with Crippen molar-refractivity contribution in [1.29, 1.82) is 0 Å². The summed E-state index contributed by atoms with van der Waals surface area (Å²) in [6.45, 7) is 0.434. The van der Waals surface area contributed by atoms with Crippen LogP contribution in [-0.4, -0.2) is 30.0 Å². The molecule has 1 aliphatic rings. The van der Waals surface area contributed by atoms with Gasteiger partial charge >= 0.3 is 6.09 Å². The van der Waals surface area contributed by atoms with Crippen LogP contribution in [0.3, 0.4) is 0 Å². The van der Waals surface area contributed by atoms with E-state index < -0.39 is 12.2 Å². The van der Waals surface area contributed by atoms with Crippen LogP contribution in [0.2, 0.25) is 0 Å². The highest BCUT2D eigenvalue weighted by Gasteiger charge is 2.40. The van der Waals surface area contributed by atoms with Crippen LogP contribution in [0.15, 0.2) is 30.3 Å². The Bertz CT molecular complexity index is 405. The third-order valence-corrected chi connectivity index (χ3v) is 2.38. The van der Waals surface area contributed by atoms with E-state index in [0.29, 0.717) is 5.56 Å². The Morgan fingerprint density at radius 2 is 1.94 bits per heavy atom. The van der Waals surface area contributed by atoms with E-state index in [1.807, 2.05) is 6.07 Å². The first kappa shape index (κ1) is 10.6. The van der Waals surface area contributed by atoms with Gasteiger partial charge in [0.1, 0.15) is 0 Å². The molecule has 0 aliphatic carbocycles. The maximum atomic E-state index is 11.8. The largest absolute Gasteiger partial charge is 0.431 e. The molecule has 5 heteroatoms. The second kappa shape index (κ2) is 4.32. The molecule has 2 N–H and O–H groups in total. The Labute approximate surface area is 92.8 Å². The van der Waals surface area contributed by atoms with E-state index in [0.717, 1.165) is 4.90 Å². The van der Waals surface area contributed by atoms with Crippen molar-refractivity contribution in [2.75, 3.05) is 13.1 Å². The third kappa shape index (κ3) is 1.77. The lowest BCUT2D eigenvalue weighted by Gasteiger charge is -2.08. The van der Waals surface area contributed by atoms with Crippen LogP contribution < -0.4 is 5.73 Å². The molecule has 1 fully saturated rings. The first-order valence-corrected chi connectivity index (χ1v) is 5.01. The summed E-state index contributed by atoms with van der Waals surface area (Å²) in [5.41, 5.74) is 6.00. The van der Waals surface area contributed by atoms with E-state index in [2.05, 4.69) is 0 Å². The van der Waals surface area contributed by atoms with Gasteiger partial charge in [0.2, 0.25) is 6.10 Å². The minimum absolute atomic E-state index is 0.195. The predicted molar refractivity (Wildman–Crippen MR) is 56.4 cm³/mol. The van der Waals surface area contributed by atoms with E-state index in [4.69, 9.17) is 10.5 Å². The van der Waals surface area contributed by atoms with Crippen molar-refractivity contribution < 1.29 is 14.3 Å². The molecule has 2 rings (SSSR count). The number of nitrogens with zero attached hydrogens (tertiary/aromatic N) is 1. The lowest BCUT2D eigenvalue weighted by molar-refractivity contribution is -0.129. The molecule has 0 saturated carbocycles. The Balaban J connectivity index is 2.21. The van der Waals surface area contributed by atoms with E-state index in [1.54, 1.807) is 24.3 Å². The number of hydrogen-bond acceptors (Lipinski definition) is 4. The summed E-state index contributed by atoms with van der Waals surface area (Å²) in [6.07, 6.45) is -1.44. The Hall–Kier alpha value is -1.88. The number of benzene rings is 1. The van der Waals surface area contributed by atoms with Crippen molar-refractivity contribution in [1.82, 2.24) is 4.90 Å². The van der Waals surface area contributed by atoms with Gasteiger partial charge in [-0.3, -0.25) is 4.79 Å². The molecule has 1 saturated heterocycles. The van der Waals surface area contributed by atoms with E-state index in [1.165, 1.54) is 0 Å². The van der Waals surface area contributed by atoms with Crippen molar-refractivity contribution in [3.05, 3.63) is 35.9 Å². The molecule has 1 aromatic carbocycles. The second-order valence-electron chi connectivity index (χ2n) is 3.45. The number of imide groups is 1. The fourth-order valence-electron chi connectivity index (χ4n) is 1.62. The predicted octanol–water partition coefficient (Wildman–Crippen LogP) is 0.665. The van der Waals surface area contributed by atoms with Crippen LogP contribution in [-0.2, 0) is 9.53 Å². The quantitative estimate of drug-likeness (QED) is 0.812. The van der Waals surface area contributed by atoms with Crippen molar-refractivity contribution in [3.63, 3.8) is 0 Å². The highest BCUT2D eigenvalue weighted by Crippen LogP contribution is 2.26. The summed E-state index contributed by atoms with van der Waals surface area (Å²) < 4.78 is 5.01. The third-order valence-electron chi connectivity index (χ3n) is 2.38. The lowest BCUT2D eigenvalue weighted by atomic mass is 10.1. The minimum atomic E-state index is -0.819. The fraction of sp³-hybridized carbons (Fsp3) is 0.273. The van der Waals surface area contributed by atoms with Crippen LogP contribution in [0.4, 0.5) is 4.79 Å². The molecule has 0 bridgehead atoms. The van der Waals surface area contributed by atoms with Crippen molar-refractivity contribution in [2.24, 2.45) is 5.73 Å². The number of cyclic esters (lactones) is 1. The average Bonchev–Trinajstić information content (AvgIpc) is 2.59. The molecule has 0 radical (unpaired) electrons. The van der Waals surface area contributed by atoms with Gasteiger partial charge < -0.3 is 10.5 Å². The summed E-state index contributed by atoms with van der Waals surface area (Å²) in [7, 11) is 0. The standard InChI is InChI=1S/C11H12N2O3/c12-6-7-13-10(14)9(16-11(13)15)8-4-2-1-3-5-8/h1-5,9H,6-7,12H2/t9-/m0/s1. The Morgan fingerprint density at radius 1 is 1.25 bits per heavy atom. The van der Waals surface area contributed by atoms with Crippen molar-refractivity contribution >= 4 is 12.0 Å². The summed E-state index contributed by atoms with van der Waals surface area (Å²) in [5.74, 6) is -0.346. The fourth-order valence-corrected chi connectivity index (χ4v) is 1.62. The van der Waals surface area contributed by atoms with Gasteiger partial charge in [0.25, 0.3) is 5.91 Å². The van der Waals surface area contributed by atoms with Gasteiger partial charge in [-0.15, -0.1) is 0 Å². The molecular formula is C11H12N2O3. The van der Waals surface area contributed by atoms with Crippen LogP contribution in [0, 0.1) is 0 Å². The number of ether oxygens (including phenoxy) is 1. The average molecular weight is 220 g/mol. The molecule has 16 heavy (non-hydrogen) atoms. The molecule has 5 nitrogen and oxygen atoms in total. The number of rotatable bonds is 3. The number of amides is 2. The number of nitrogens with two attached hydrogens (primary N) is 1. The maximum absolute atomic E-state index is 11.8. The highest BCUT2D eigenvalue weighted by molar-refractivity contribution is 6.00. The first-order chi connectivity index (χ1) is 7.74. The van der Waals surface area contributed by atoms with Crippen LogP contribution >= 0.6 is 0 Å². The van der Waals surface area contributed by atoms with Crippen LogP contribution in [0.1, 0.15) is 11.7 Å². The molecule has 0 unspecified atom stereocenters. The van der Waals surface area contributed by atoms with E-state index >= 15 is 0 Å². The molecule has 84 valence electrons. The summed E-state index contributed by atoms with van der Waals surface area (Å²) in [4.78, 5) is 24.3. The molecular weight excluding hydrogens is 208 g/mol. The molecule has 1 aliphatic heterocycles. The molecule has 1 aromatic rings. The van der Waals surface area contributed by atoms with Crippen LogP contribution in [0.25, 0.3) is 0 Å². The van der Waals surface area contributed by atoms with Gasteiger partial charge in [0.05, 0.1) is 0 Å². The number of carbonyl (C=O) groups is 2. The summed E-state index contributed by atoms with van der Waals surface area (Å²) in [6, 6.07) is 8.93. The number of carbonyl (C=O) groups excluding carboxylic acids is 2. The van der Waals surface area contributed by atoms with Crippen molar-refractivity contribution in [3.8, 4) is 0 Å². The van der Waals surface area contributed by atoms with Gasteiger partial charge in [-0.05, 0) is 0 Å². The second-order valence-corrected chi connectivity index (χ2v) is 3.45. The van der Waals surface area contributed by atoms with E-state index in [-0.39, 0.29) is 19.0 Å². The maximum Gasteiger partial charge on any atom is 0.417 e. The highest BCUT2D eigenvalue weighted by atomic mass is 16.6. The zero-order valence-electron chi connectivity index (χ0n) is 8.63. The van der Waals surface area contributed by atoms with Crippen LogP contribution in [0.5, 0.6) is 0 Å². The normalized spacial score (nSPS) is 20.1. The van der Waals surface area contributed by atoms with Gasteiger partial charge in [-0.25, -0.2) is 9.69 Å². The molecule has 2 amide bonds. The van der Waals surface area contributed by atoms with E-state index in [9.17, 15) is 9.59 Å². The minimum Gasteiger partial charge on any atom is -0.431 e. The molecule has 0 spiro atoms. The Kier molecular flexibility index (Phi) is 2.87. The summed E-state index contributed by atoms with van der Waals surface area (Å²) in [5, 5.41) is 0. The zero-order valence-corrected chi connectivity index (χ0v) is 8.63. The van der Waals surface area contributed by atoms with Gasteiger partial charge in [-0.2, -0.15) is 0 Å². The molecule has 1 atom stereocenters. The Morgan fingerprint density at radius 3 is 2.56 bits per heavy atom. The first-order valence-electron chi connectivity index (χ1n) is 5.01. The zero-order chi connectivity index (χ0) is 11.5. The van der Waals surface area contributed by atoms with Gasteiger partial charge in [-0.1, -0.05) is 30.3 Å². The monoisotopic (exact) mass is 220 g/mol. The smallest absolute Gasteiger partial charge is 0.417 e. The van der Waals surface area contributed by atoms with Crippen molar-refractivity contribution in [2.45, 2.75) is 6.10 Å². The molecule has 0 aromatic heterocycles. The SMILES string of the molecule is NCCN1C(=O)O[C@@H](c2ccccc2)C1=O. The van der Waals surface area contributed by atoms with Gasteiger partial charge in [0.15, 0.2) is 0 Å².